The molecule has 2 aliphatic carbocycles. The van der Waals surface area contributed by atoms with Gasteiger partial charge in [0, 0.05) is 6.54 Å². The van der Waals surface area contributed by atoms with Crippen molar-refractivity contribution >= 4 is 5.97 Å². The first-order valence-electron chi connectivity index (χ1n) is 5.63. The van der Waals surface area contributed by atoms with E-state index in [-0.39, 0.29) is 6.04 Å². The second kappa shape index (κ2) is 3.54. The lowest BCUT2D eigenvalue weighted by Crippen LogP contribution is -2.41. The number of carboxylic acid groups (broad SMARTS) is 1. The van der Waals surface area contributed by atoms with Crippen LogP contribution in [-0.4, -0.2) is 23.7 Å². The molecule has 14 heavy (non-hydrogen) atoms. The molecule has 0 spiro atoms. The van der Waals surface area contributed by atoms with Gasteiger partial charge in [0.15, 0.2) is 0 Å². The average Bonchev–Trinajstić information content (AvgIpc) is 2.99. The lowest BCUT2D eigenvalue weighted by molar-refractivity contribution is -0.140. The Morgan fingerprint density at radius 2 is 2.21 bits per heavy atom. The number of hydrogen-bond acceptors (Lipinski definition) is 2. The van der Waals surface area contributed by atoms with Gasteiger partial charge < -0.3 is 10.4 Å². The minimum atomic E-state index is -0.667. The maximum absolute atomic E-state index is 10.9. The molecule has 0 aromatic rings. The zero-order chi connectivity index (χ0) is 10.2. The van der Waals surface area contributed by atoms with Gasteiger partial charge in [0.05, 0.1) is 0 Å². The van der Waals surface area contributed by atoms with E-state index in [0.29, 0.717) is 11.3 Å². The fourth-order valence-electron chi connectivity index (χ4n) is 2.04. The van der Waals surface area contributed by atoms with Gasteiger partial charge in [-0.05, 0) is 43.4 Å². The summed E-state index contributed by atoms with van der Waals surface area (Å²) in [5.41, 5.74) is 0.447. The van der Waals surface area contributed by atoms with Crippen LogP contribution < -0.4 is 5.32 Å². The second-order valence-corrected chi connectivity index (χ2v) is 4.89. The van der Waals surface area contributed by atoms with Crippen molar-refractivity contribution in [2.75, 3.05) is 6.54 Å². The first-order chi connectivity index (χ1) is 6.67. The predicted molar refractivity (Wildman–Crippen MR) is 54.1 cm³/mol. The van der Waals surface area contributed by atoms with E-state index in [1.807, 2.05) is 0 Å². The van der Waals surface area contributed by atoms with Gasteiger partial charge >= 0.3 is 5.97 Å². The number of carboxylic acids is 1. The van der Waals surface area contributed by atoms with Crippen molar-refractivity contribution in [3.05, 3.63) is 0 Å². The third kappa shape index (κ3) is 2.08. The molecule has 3 heteroatoms. The number of aliphatic carboxylic acids is 1. The fourth-order valence-corrected chi connectivity index (χ4v) is 2.04. The predicted octanol–water partition coefficient (Wildman–Crippen LogP) is 1.63. The highest BCUT2D eigenvalue weighted by Crippen LogP contribution is 2.48. The van der Waals surface area contributed by atoms with Crippen LogP contribution in [0.25, 0.3) is 0 Å². The highest BCUT2D eigenvalue weighted by atomic mass is 16.4. The quantitative estimate of drug-likeness (QED) is 0.680. The molecule has 0 saturated heterocycles. The van der Waals surface area contributed by atoms with E-state index in [9.17, 15) is 4.79 Å². The summed E-state index contributed by atoms with van der Waals surface area (Å²) in [6, 6.07) is -0.279. The van der Waals surface area contributed by atoms with Gasteiger partial charge in [0.25, 0.3) is 0 Å². The molecule has 2 N–H and O–H groups in total. The van der Waals surface area contributed by atoms with Gasteiger partial charge in [-0.3, -0.25) is 4.79 Å². The van der Waals surface area contributed by atoms with Crippen molar-refractivity contribution < 1.29 is 9.90 Å². The Morgan fingerprint density at radius 1 is 1.57 bits per heavy atom. The SMILES string of the molecule is CCC1(CNC(C(=O)O)C2CC2)CC1. The van der Waals surface area contributed by atoms with Gasteiger partial charge in [0.1, 0.15) is 6.04 Å². The lowest BCUT2D eigenvalue weighted by Gasteiger charge is -2.18. The van der Waals surface area contributed by atoms with Crippen LogP contribution in [0.5, 0.6) is 0 Å². The van der Waals surface area contributed by atoms with Crippen LogP contribution in [0.2, 0.25) is 0 Å². The molecule has 0 aromatic carbocycles. The molecular formula is C11H19NO2. The van der Waals surface area contributed by atoms with Crippen LogP contribution in [0, 0.1) is 11.3 Å². The van der Waals surface area contributed by atoms with E-state index >= 15 is 0 Å². The maximum Gasteiger partial charge on any atom is 0.320 e. The minimum Gasteiger partial charge on any atom is -0.480 e. The Hall–Kier alpha value is -0.570. The number of hydrogen-bond donors (Lipinski definition) is 2. The first-order valence-corrected chi connectivity index (χ1v) is 5.63. The van der Waals surface area contributed by atoms with Crippen molar-refractivity contribution in [3.8, 4) is 0 Å². The average molecular weight is 197 g/mol. The highest BCUT2D eigenvalue weighted by Gasteiger charge is 2.43. The molecular weight excluding hydrogens is 178 g/mol. The third-order valence-corrected chi connectivity index (χ3v) is 3.76. The van der Waals surface area contributed by atoms with Crippen LogP contribution in [0.4, 0.5) is 0 Å². The molecule has 2 fully saturated rings. The molecule has 0 radical (unpaired) electrons. The summed E-state index contributed by atoms with van der Waals surface area (Å²) in [7, 11) is 0. The second-order valence-electron chi connectivity index (χ2n) is 4.89. The lowest BCUT2D eigenvalue weighted by atomic mass is 10.0. The molecule has 0 heterocycles. The van der Waals surface area contributed by atoms with E-state index < -0.39 is 5.97 Å². The number of rotatable bonds is 6. The Kier molecular flexibility index (Phi) is 2.52. The van der Waals surface area contributed by atoms with Gasteiger partial charge in [-0.1, -0.05) is 6.92 Å². The largest absolute Gasteiger partial charge is 0.480 e. The van der Waals surface area contributed by atoms with Gasteiger partial charge in [-0.2, -0.15) is 0 Å². The molecule has 0 bridgehead atoms. The molecule has 1 unspecified atom stereocenters. The summed E-state index contributed by atoms with van der Waals surface area (Å²) in [6.45, 7) is 3.10. The van der Waals surface area contributed by atoms with Gasteiger partial charge in [0.2, 0.25) is 0 Å². The zero-order valence-corrected chi connectivity index (χ0v) is 8.75. The summed E-state index contributed by atoms with van der Waals surface area (Å²) in [4.78, 5) is 10.9. The topological polar surface area (TPSA) is 49.3 Å². The van der Waals surface area contributed by atoms with Crippen molar-refractivity contribution in [1.82, 2.24) is 5.32 Å². The van der Waals surface area contributed by atoms with Crippen molar-refractivity contribution in [2.24, 2.45) is 11.3 Å². The zero-order valence-electron chi connectivity index (χ0n) is 8.75. The van der Waals surface area contributed by atoms with Crippen molar-refractivity contribution in [2.45, 2.75) is 45.1 Å². The van der Waals surface area contributed by atoms with Crippen LogP contribution in [0.15, 0.2) is 0 Å². The molecule has 0 aliphatic heterocycles. The molecule has 3 nitrogen and oxygen atoms in total. The van der Waals surface area contributed by atoms with Gasteiger partial charge in [-0.15, -0.1) is 0 Å². The third-order valence-electron chi connectivity index (χ3n) is 3.76. The smallest absolute Gasteiger partial charge is 0.320 e. The maximum atomic E-state index is 10.9. The number of nitrogens with one attached hydrogen (secondary N) is 1. The van der Waals surface area contributed by atoms with Crippen LogP contribution in [-0.2, 0) is 4.79 Å². The Bertz CT molecular complexity index is 231. The van der Waals surface area contributed by atoms with E-state index in [1.54, 1.807) is 0 Å². The molecule has 2 aliphatic rings. The monoisotopic (exact) mass is 197 g/mol. The molecule has 80 valence electrons. The molecule has 2 rings (SSSR count). The summed E-state index contributed by atoms with van der Waals surface area (Å²) >= 11 is 0. The van der Waals surface area contributed by atoms with Crippen LogP contribution >= 0.6 is 0 Å². The Labute approximate surface area is 84.9 Å². The standard InChI is InChI=1S/C11H19NO2/c1-2-11(5-6-11)7-12-9(10(13)14)8-3-4-8/h8-9,12H,2-7H2,1H3,(H,13,14). The first kappa shape index (κ1) is 9.97. The molecule has 1 atom stereocenters. The van der Waals surface area contributed by atoms with E-state index in [4.69, 9.17) is 5.11 Å². The minimum absolute atomic E-state index is 0.279. The van der Waals surface area contributed by atoms with Crippen LogP contribution in [0.3, 0.4) is 0 Å². The molecule has 2 saturated carbocycles. The normalized spacial score (nSPS) is 25.8. The van der Waals surface area contributed by atoms with Crippen molar-refractivity contribution in [3.63, 3.8) is 0 Å². The van der Waals surface area contributed by atoms with Crippen LogP contribution in [0.1, 0.15) is 39.0 Å². The highest BCUT2D eigenvalue weighted by molar-refractivity contribution is 5.74. The van der Waals surface area contributed by atoms with E-state index in [2.05, 4.69) is 12.2 Å². The Morgan fingerprint density at radius 3 is 2.57 bits per heavy atom. The fraction of sp³-hybridized carbons (Fsp3) is 0.909. The van der Waals surface area contributed by atoms with Gasteiger partial charge in [-0.25, -0.2) is 0 Å². The Balaban J connectivity index is 1.79. The summed E-state index contributed by atoms with van der Waals surface area (Å²) in [5.74, 6) is -0.264. The van der Waals surface area contributed by atoms with E-state index in [0.717, 1.165) is 19.4 Å². The number of carbonyl (C=O) groups is 1. The molecule has 0 aromatic heterocycles. The molecule has 0 amide bonds. The summed E-state index contributed by atoms with van der Waals surface area (Å²) in [5, 5.41) is 12.2. The van der Waals surface area contributed by atoms with Crippen molar-refractivity contribution in [1.29, 1.82) is 0 Å². The summed E-state index contributed by atoms with van der Waals surface area (Å²) < 4.78 is 0. The summed E-state index contributed by atoms with van der Waals surface area (Å²) in [6.07, 6.45) is 5.89. The van der Waals surface area contributed by atoms with E-state index in [1.165, 1.54) is 19.3 Å².